The van der Waals surface area contributed by atoms with Gasteiger partial charge in [-0.2, -0.15) is 0 Å². The first kappa shape index (κ1) is 13.1. The Morgan fingerprint density at radius 2 is 1.84 bits per heavy atom. The smallest absolute Gasteiger partial charge is 0.171 e. The van der Waals surface area contributed by atoms with Crippen LogP contribution in [0.15, 0.2) is 36.4 Å². The van der Waals surface area contributed by atoms with Gasteiger partial charge in [0.2, 0.25) is 0 Å². The first-order valence-corrected chi connectivity index (χ1v) is 5.67. The summed E-state index contributed by atoms with van der Waals surface area (Å²) in [4.78, 5) is 11.1. The summed E-state index contributed by atoms with van der Waals surface area (Å²) in [5.41, 5.74) is 1.30. The molecule has 0 bridgehead atoms. The highest BCUT2D eigenvalue weighted by Gasteiger charge is 2.14. The molecular weight excluding hydrogens is 247 g/mol. The van der Waals surface area contributed by atoms with Crippen LogP contribution in [-0.2, 0) is 0 Å². The summed E-state index contributed by atoms with van der Waals surface area (Å²) in [5.74, 6) is 0.384. The van der Waals surface area contributed by atoms with Crippen molar-refractivity contribution < 1.29 is 18.7 Å². The highest BCUT2D eigenvalue weighted by molar-refractivity contribution is 5.85. The quantitative estimate of drug-likeness (QED) is 0.791. The fraction of sp³-hybridized carbons (Fsp3) is 0.133. The number of rotatable bonds is 4. The molecule has 0 saturated carbocycles. The molecule has 98 valence electrons. The van der Waals surface area contributed by atoms with Crippen LogP contribution in [0.2, 0.25) is 0 Å². The Balaban J connectivity index is 2.66. The van der Waals surface area contributed by atoms with Crippen molar-refractivity contribution in [1.82, 2.24) is 0 Å². The minimum atomic E-state index is -0.355. The minimum Gasteiger partial charge on any atom is -0.493 e. The topological polar surface area (TPSA) is 35.5 Å². The van der Waals surface area contributed by atoms with Gasteiger partial charge < -0.3 is 9.47 Å². The number of carbonyl (C=O) groups excluding carboxylic acids is 1. The maximum Gasteiger partial charge on any atom is 0.171 e. The molecule has 0 aromatic heterocycles. The van der Waals surface area contributed by atoms with Gasteiger partial charge in [-0.3, -0.25) is 4.79 Å². The van der Waals surface area contributed by atoms with Crippen molar-refractivity contribution in [3.05, 3.63) is 47.8 Å². The summed E-state index contributed by atoms with van der Waals surface area (Å²) in [7, 11) is 2.92. The fourth-order valence-electron chi connectivity index (χ4n) is 1.93. The van der Waals surface area contributed by atoms with Crippen molar-refractivity contribution >= 4 is 6.29 Å². The number of carbonyl (C=O) groups is 1. The van der Waals surface area contributed by atoms with Crippen molar-refractivity contribution in [2.45, 2.75) is 0 Å². The van der Waals surface area contributed by atoms with E-state index in [9.17, 15) is 9.18 Å². The van der Waals surface area contributed by atoms with Gasteiger partial charge in [-0.15, -0.1) is 0 Å². The van der Waals surface area contributed by atoms with Gasteiger partial charge in [-0.1, -0.05) is 18.2 Å². The zero-order chi connectivity index (χ0) is 13.8. The lowest BCUT2D eigenvalue weighted by atomic mass is 10.0. The second-order valence-corrected chi connectivity index (χ2v) is 3.90. The molecule has 0 amide bonds. The van der Waals surface area contributed by atoms with Gasteiger partial charge in [0.15, 0.2) is 17.8 Å². The van der Waals surface area contributed by atoms with E-state index in [2.05, 4.69) is 0 Å². The molecule has 0 spiro atoms. The molecule has 0 unspecified atom stereocenters. The Hall–Kier alpha value is -2.36. The van der Waals surface area contributed by atoms with Gasteiger partial charge in [-0.25, -0.2) is 4.39 Å². The van der Waals surface area contributed by atoms with E-state index in [0.717, 1.165) is 0 Å². The fourth-order valence-corrected chi connectivity index (χ4v) is 1.93. The van der Waals surface area contributed by atoms with E-state index in [4.69, 9.17) is 9.47 Å². The Morgan fingerprint density at radius 3 is 2.42 bits per heavy atom. The molecule has 0 heterocycles. The van der Waals surface area contributed by atoms with E-state index in [1.54, 1.807) is 30.3 Å². The summed E-state index contributed by atoms with van der Waals surface area (Å²) < 4.78 is 24.1. The molecule has 19 heavy (non-hydrogen) atoms. The number of benzene rings is 2. The van der Waals surface area contributed by atoms with Crippen LogP contribution in [-0.4, -0.2) is 20.5 Å². The predicted octanol–water partition coefficient (Wildman–Crippen LogP) is 3.32. The number of methoxy groups -OCH3 is 2. The third kappa shape index (κ3) is 2.42. The summed E-state index contributed by atoms with van der Waals surface area (Å²) in [5, 5.41) is 0. The summed E-state index contributed by atoms with van der Waals surface area (Å²) in [6, 6.07) is 9.57. The van der Waals surface area contributed by atoms with Crippen LogP contribution < -0.4 is 9.47 Å². The van der Waals surface area contributed by atoms with Crippen LogP contribution in [0.5, 0.6) is 11.5 Å². The van der Waals surface area contributed by atoms with Crippen molar-refractivity contribution in [2.75, 3.05) is 14.2 Å². The Morgan fingerprint density at radius 1 is 1.11 bits per heavy atom. The maximum atomic E-state index is 13.8. The molecule has 2 rings (SSSR count). The van der Waals surface area contributed by atoms with Crippen LogP contribution >= 0.6 is 0 Å². The van der Waals surface area contributed by atoms with Crippen molar-refractivity contribution in [3.63, 3.8) is 0 Å². The van der Waals surface area contributed by atoms with Crippen molar-refractivity contribution in [1.29, 1.82) is 0 Å². The van der Waals surface area contributed by atoms with Crippen molar-refractivity contribution in [2.24, 2.45) is 0 Å². The van der Waals surface area contributed by atoms with E-state index in [0.29, 0.717) is 34.5 Å². The van der Waals surface area contributed by atoms with E-state index >= 15 is 0 Å². The average molecular weight is 260 g/mol. The van der Waals surface area contributed by atoms with E-state index in [-0.39, 0.29) is 5.82 Å². The van der Waals surface area contributed by atoms with Crippen LogP contribution in [0.25, 0.3) is 11.1 Å². The van der Waals surface area contributed by atoms with Crippen LogP contribution in [0.4, 0.5) is 4.39 Å². The largest absolute Gasteiger partial charge is 0.493 e. The van der Waals surface area contributed by atoms with E-state index in [1.807, 2.05) is 0 Å². The highest BCUT2D eigenvalue weighted by Crippen LogP contribution is 2.36. The average Bonchev–Trinajstić information content (AvgIpc) is 2.46. The molecule has 0 aliphatic rings. The van der Waals surface area contributed by atoms with Crippen molar-refractivity contribution in [3.8, 4) is 22.6 Å². The molecule has 0 aliphatic heterocycles. The molecule has 2 aromatic rings. The van der Waals surface area contributed by atoms with Gasteiger partial charge in [-0.05, 0) is 23.8 Å². The van der Waals surface area contributed by atoms with Gasteiger partial charge in [0, 0.05) is 5.56 Å². The zero-order valence-electron chi connectivity index (χ0n) is 10.6. The highest BCUT2D eigenvalue weighted by atomic mass is 19.1. The summed E-state index contributed by atoms with van der Waals surface area (Å²) in [6.07, 6.45) is 0.658. The molecule has 0 fully saturated rings. The van der Waals surface area contributed by atoms with Crippen LogP contribution in [0, 0.1) is 5.82 Å². The molecule has 2 aromatic carbocycles. The number of hydrogen-bond acceptors (Lipinski definition) is 3. The van der Waals surface area contributed by atoms with Crippen LogP contribution in [0.1, 0.15) is 10.4 Å². The molecule has 3 nitrogen and oxygen atoms in total. The third-order valence-electron chi connectivity index (χ3n) is 2.82. The SMILES string of the molecule is COc1cc(-c2ccccc2F)cc(C=O)c1OC. The number of hydrogen-bond donors (Lipinski definition) is 0. The second-order valence-electron chi connectivity index (χ2n) is 3.90. The van der Waals surface area contributed by atoms with E-state index < -0.39 is 0 Å². The van der Waals surface area contributed by atoms with Gasteiger partial charge in [0.25, 0.3) is 0 Å². The Bertz CT molecular complexity index is 608. The maximum absolute atomic E-state index is 13.8. The lowest BCUT2D eigenvalue weighted by molar-refractivity contribution is 0.112. The normalized spacial score (nSPS) is 10.1. The molecule has 0 saturated heterocycles. The minimum absolute atomic E-state index is 0.320. The molecule has 0 aliphatic carbocycles. The van der Waals surface area contributed by atoms with Crippen LogP contribution in [0.3, 0.4) is 0 Å². The molecule has 0 radical (unpaired) electrons. The monoisotopic (exact) mass is 260 g/mol. The summed E-state index contributed by atoms with van der Waals surface area (Å²) >= 11 is 0. The zero-order valence-corrected chi connectivity index (χ0v) is 10.6. The number of ether oxygens (including phenoxy) is 2. The Labute approximate surface area is 110 Å². The van der Waals surface area contributed by atoms with Gasteiger partial charge in [0.05, 0.1) is 19.8 Å². The standard InChI is InChI=1S/C15H13FO3/c1-18-14-8-10(7-11(9-17)15(14)19-2)12-5-3-4-6-13(12)16/h3-9H,1-2H3. The second kappa shape index (κ2) is 5.52. The molecule has 0 atom stereocenters. The number of aldehydes is 1. The Kier molecular flexibility index (Phi) is 3.80. The molecular formula is C15H13FO3. The predicted molar refractivity (Wildman–Crippen MR) is 70.3 cm³/mol. The number of halogens is 1. The van der Waals surface area contributed by atoms with Gasteiger partial charge >= 0.3 is 0 Å². The molecule has 4 heteroatoms. The first-order chi connectivity index (χ1) is 9.21. The van der Waals surface area contributed by atoms with Gasteiger partial charge in [0.1, 0.15) is 5.82 Å². The molecule has 0 N–H and O–H groups in total. The summed E-state index contributed by atoms with van der Waals surface area (Å²) in [6.45, 7) is 0. The lowest BCUT2D eigenvalue weighted by Crippen LogP contribution is -1.97. The lowest BCUT2D eigenvalue weighted by Gasteiger charge is -2.12. The first-order valence-electron chi connectivity index (χ1n) is 5.67. The van der Waals surface area contributed by atoms with E-state index in [1.165, 1.54) is 20.3 Å². The third-order valence-corrected chi connectivity index (χ3v) is 2.82.